The number of nitrogens with zero attached hydrogens (tertiary/aromatic N) is 4. The third kappa shape index (κ3) is 5.79. The third-order valence-corrected chi connectivity index (χ3v) is 11.6. The molecule has 0 unspecified atom stereocenters. The van der Waals surface area contributed by atoms with Crippen molar-refractivity contribution < 1.29 is 22.6 Å². The number of benzene rings is 4. The van der Waals surface area contributed by atoms with Crippen molar-refractivity contribution in [2.45, 2.75) is 41.0 Å². The van der Waals surface area contributed by atoms with E-state index in [0.717, 1.165) is 22.3 Å². The van der Waals surface area contributed by atoms with Gasteiger partial charge >= 0.3 is 0 Å². The van der Waals surface area contributed by atoms with E-state index in [1.807, 2.05) is 91.9 Å². The summed E-state index contributed by atoms with van der Waals surface area (Å²) in [5, 5.41) is 2.18. The molecule has 1 saturated heterocycles. The first-order valence-electron chi connectivity index (χ1n) is 16.2. The van der Waals surface area contributed by atoms with Crippen LogP contribution in [0.15, 0.2) is 127 Å². The van der Waals surface area contributed by atoms with Gasteiger partial charge in [-0.25, -0.2) is 23.4 Å². The van der Waals surface area contributed by atoms with E-state index in [4.69, 9.17) is 19.9 Å². The summed E-state index contributed by atoms with van der Waals surface area (Å²) in [5.74, 6) is 0.912. The molecule has 3 N–H and O–H groups in total. The van der Waals surface area contributed by atoms with E-state index in [2.05, 4.69) is 20.3 Å². The predicted octanol–water partition coefficient (Wildman–Crippen LogP) is 5.06. The fraction of sp³-hybridized carbons (Fsp3) is 0.237. The minimum atomic E-state index is -4.00. The first-order valence-corrected chi connectivity index (χ1v) is 17.8. The van der Waals surface area contributed by atoms with Crippen LogP contribution < -0.4 is 15.8 Å². The molecule has 50 heavy (non-hydrogen) atoms. The van der Waals surface area contributed by atoms with Gasteiger partial charge in [-0.15, -0.1) is 0 Å². The second kappa shape index (κ2) is 13.6. The largest absolute Gasteiger partial charge is 0.497 e. The maximum atomic E-state index is 14.7. The van der Waals surface area contributed by atoms with Crippen LogP contribution in [0.2, 0.25) is 0 Å². The van der Waals surface area contributed by atoms with Crippen LogP contribution >= 0.6 is 0 Å². The van der Waals surface area contributed by atoms with E-state index in [9.17, 15) is 8.42 Å². The highest BCUT2D eigenvalue weighted by Crippen LogP contribution is 2.44. The molecule has 0 bridgehead atoms. The number of methoxy groups -OCH3 is 1. The molecule has 12 heteroatoms. The fourth-order valence-electron chi connectivity index (χ4n) is 6.88. The van der Waals surface area contributed by atoms with E-state index in [0.29, 0.717) is 16.9 Å². The van der Waals surface area contributed by atoms with Crippen LogP contribution in [0.5, 0.6) is 5.75 Å². The number of imidazole rings is 1. The summed E-state index contributed by atoms with van der Waals surface area (Å²) in [6, 6.07) is 33.6. The Morgan fingerprint density at radius 1 is 0.860 bits per heavy atom. The minimum absolute atomic E-state index is 0.0932. The number of nitrogens with one attached hydrogen (secondary N) is 1. The summed E-state index contributed by atoms with van der Waals surface area (Å²) < 4.78 is 50.5. The summed E-state index contributed by atoms with van der Waals surface area (Å²) >= 11 is 0. The number of aryl methyl sites for hydroxylation is 1. The Bertz CT molecular complexity index is 2140. The van der Waals surface area contributed by atoms with Crippen LogP contribution in [0.3, 0.4) is 0 Å². The Kier molecular flexibility index (Phi) is 9.10. The van der Waals surface area contributed by atoms with Gasteiger partial charge in [-0.3, -0.25) is 4.57 Å². The van der Waals surface area contributed by atoms with Gasteiger partial charge < -0.3 is 25.3 Å². The van der Waals surface area contributed by atoms with Gasteiger partial charge in [-0.2, -0.15) is 0 Å². The van der Waals surface area contributed by atoms with Crippen molar-refractivity contribution >= 4 is 26.8 Å². The number of anilines is 1. The first-order chi connectivity index (χ1) is 24.3. The molecule has 4 aromatic carbocycles. The molecule has 1 fully saturated rings. The summed E-state index contributed by atoms with van der Waals surface area (Å²) in [4.78, 5) is 13.1. The highest BCUT2D eigenvalue weighted by molar-refractivity contribution is 7.92. The minimum Gasteiger partial charge on any atom is -0.497 e. The lowest BCUT2D eigenvalue weighted by atomic mass is 9.80. The summed E-state index contributed by atoms with van der Waals surface area (Å²) in [6.45, 7) is 1.83. The number of nitrogens with two attached hydrogens (primary N) is 1. The summed E-state index contributed by atoms with van der Waals surface area (Å²) in [6.07, 6.45) is 1.13. The molecule has 0 aliphatic carbocycles. The number of hydrogen-bond donors (Lipinski definition) is 2. The Labute approximate surface area is 291 Å². The quantitative estimate of drug-likeness (QED) is 0.177. The highest BCUT2D eigenvalue weighted by atomic mass is 32.2. The van der Waals surface area contributed by atoms with Crippen LogP contribution in [0.4, 0.5) is 5.82 Å². The molecule has 2 aromatic heterocycles. The average Bonchev–Trinajstić information content (AvgIpc) is 3.76. The van der Waals surface area contributed by atoms with Crippen molar-refractivity contribution in [1.29, 1.82) is 0 Å². The SMILES string of the molecule is CN[C@@H]1[C@@H](S(=O)(=O)c2ccc(C)cc2)[C@@H](COC(c2ccccc2)(c2ccccc2)c2ccc(OC)cc2)O[C@H]1n1cnc2c(N)ncnc21. The smallest absolute Gasteiger partial charge is 0.185 e. The number of sulfone groups is 1. The number of fused-ring (bicyclic) bond motifs is 1. The van der Waals surface area contributed by atoms with Crippen molar-refractivity contribution in [1.82, 2.24) is 24.8 Å². The third-order valence-electron chi connectivity index (χ3n) is 9.37. The molecule has 11 nitrogen and oxygen atoms in total. The molecule has 0 radical (unpaired) electrons. The average molecular weight is 691 g/mol. The highest BCUT2D eigenvalue weighted by Gasteiger charge is 2.53. The van der Waals surface area contributed by atoms with Crippen molar-refractivity contribution in [3.63, 3.8) is 0 Å². The monoisotopic (exact) mass is 690 g/mol. The molecule has 1 aliphatic rings. The molecule has 0 spiro atoms. The number of likely N-dealkylation sites (N-methyl/N-ethyl adjacent to an activating group) is 1. The standard InChI is InChI=1S/C38H38N6O5S/c1-25-14-20-30(21-15-25)50(45,46)34-31(49-37(32(34)40-2)44-24-43-33-35(39)41-23-42-36(33)44)22-48-38(26-10-6-4-7-11-26,27-12-8-5-9-13-27)28-16-18-29(47-3)19-17-28/h4-21,23-24,31-32,34,37,40H,22H2,1-3H3,(H2,39,41,42)/t31-,32-,34+,37-/m1/s1. The van der Waals surface area contributed by atoms with Crippen molar-refractivity contribution in [2.24, 2.45) is 0 Å². The normalized spacial score (nSPS) is 19.5. The van der Waals surface area contributed by atoms with E-state index in [1.54, 1.807) is 49.3 Å². The Balaban J connectivity index is 1.37. The molecular formula is C38H38N6O5S. The molecule has 0 amide bonds. The maximum Gasteiger partial charge on any atom is 0.185 e. The molecule has 4 atom stereocenters. The van der Waals surface area contributed by atoms with E-state index < -0.39 is 39.1 Å². The zero-order valence-corrected chi connectivity index (χ0v) is 28.7. The van der Waals surface area contributed by atoms with Crippen LogP contribution in [0.1, 0.15) is 28.5 Å². The van der Waals surface area contributed by atoms with Crippen LogP contribution in [0.25, 0.3) is 11.2 Å². The summed E-state index contributed by atoms with van der Waals surface area (Å²) in [7, 11) is -0.652. The van der Waals surface area contributed by atoms with E-state index in [1.165, 1.54) is 6.33 Å². The van der Waals surface area contributed by atoms with Gasteiger partial charge in [0.1, 0.15) is 34.5 Å². The van der Waals surface area contributed by atoms with Crippen molar-refractivity contribution in [2.75, 3.05) is 26.5 Å². The molecule has 256 valence electrons. The molecule has 0 saturated carbocycles. The molecule has 3 heterocycles. The number of aromatic nitrogens is 4. The number of rotatable bonds is 11. The Morgan fingerprint density at radius 2 is 1.48 bits per heavy atom. The van der Waals surface area contributed by atoms with Gasteiger partial charge in [0.2, 0.25) is 0 Å². The second-order valence-corrected chi connectivity index (χ2v) is 14.3. The van der Waals surface area contributed by atoms with E-state index in [-0.39, 0.29) is 17.3 Å². The lowest BCUT2D eigenvalue weighted by Crippen LogP contribution is -2.48. The second-order valence-electron chi connectivity index (χ2n) is 12.2. The number of ether oxygens (including phenoxy) is 3. The van der Waals surface area contributed by atoms with Gasteiger partial charge in [0.25, 0.3) is 0 Å². The first kappa shape index (κ1) is 33.4. The molecule has 6 aromatic rings. The van der Waals surface area contributed by atoms with Gasteiger partial charge in [0.05, 0.1) is 31.0 Å². The fourth-order valence-corrected chi connectivity index (χ4v) is 8.91. The lowest BCUT2D eigenvalue weighted by molar-refractivity contribution is -0.0768. The number of nitrogen functional groups attached to an aromatic ring is 1. The van der Waals surface area contributed by atoms with Gasteiger partial charge in [0.15, 0.2) is 27.5 Å². The van der Waals surface area contributed by atoms with Crippen molar-refractivity contribution in [3.05, 3.63) is 144 Å². The predicted molar refractivity (Wildman–Crippen MR) is 190 cm³/mol. The zero-order valence-electron chi connectivity index (χ0n) is 27.9. The molecule has 7 rings (SSSR count). The summed E-state index contributed by atoms with van der Waals surface area (Å²) in [5.41, 5.74) is 9.31. The van der Waals surface area contributed by atoms with Crippen LogP contribution in [0, 0.1) is 6.92 Å². The van der Waals surface area contributed by atoms with Crippen LogP contribution in [-0.4, -0.2) is 66.1 Å². The van der Waals surface area contributed by atoms with Gasteiger partial charge in [-0.1, -0.05) is 90.5 Å². The maximum absolute atomic E-state index is 14.7. The van der Waals surface area contributed by atoms with E-state index >= 15 is 0 Å². The van der Waals surface area contributed by atoms with Gasteiger partial charge in [-0.05, 0) is 54.9 Å². The zero-order chi connectivity index (χ0) is 34.9. The Hall–Kier alpha value is -5.14. The lowest BCUT2D eigenvalue weighted by Gasteiger charge is -2.37. The van der Waals surface area contributed by atoms with Gasteiger partial charge in [0, 0.05) is 0 Å². The number of hydrogen-bond acceptors (Lipinski definition) is 10. The Morgan fingerprint density at radius 3 is 2.08 bits per heavy atom. The van der Waals surface area contributed by atoms with Crippen LogP contribution in [-0.2, 0) is 24.9 Å². The molecular weight excluding hydrogens is 653 g/mol. The molecule has 1 aliphatic heterocycles. The topological polar surface area (TPSA) is 143 Å². The van der Waals surface area contributed by atoms with Crippen molar-refractivity contribution in [3.8, 4) is 5.75 Å².